The first-order valence-corrected chi connectivity index (χ1v) is 10.7. The Morgan fingerprint density at radius 1 is 1.03 bits per heavy atom. The number of halogens is 1. The first kappa shape index (κ1) is 20.8. The van der Waals surface area contributed by atoms with Crippen LogP contribution in [0.3, 0.4) is 0 Å². The molecule has 0 spiro atoms. The molecule has 1 fully saturated rings. The SMILES string of the molecule is CC(=O)NS(=O)(=O)c1ccc(NC(=O)C2CCN(c3ccccc3F)CC2)cc1. The number of nitrogens with one attached hydrogen (secondary N) is 2. The monoisotopic (exact) mass is 419 g/mol. The molecule has 0 aromatic heterocycles. The number of sulfonamides is 1. The van der Waals surface area contributed by atoms with Crippen LogP contribution in [-0.4, -0.2) is 33.3 Å². The van der Waals surface area contributed by atoms with Gasteiger partial charge in [-0.15, -0.1) is 0 Å². The molecule has 0 radical (unpaired) electrons. The standard InChI is InChI=1S/C20H22FN3O4S/c1-14(25)23-29(27,28)17-8-6-16(7-9-17)22-20(26)15-10-12-24(13-11-15)19-5-3-2-4-18(19)21/h2-9,15H,10-13H2,1H3,(H,22,26)(H,23,25). The van der Waals surface area contributed by atoms with Crippen LogP contribution in [0.2, 0.25) is 0 Å². The smallest absolute Gasteiger partial charge is 0.264 e. The van der Waals surface area contributed by atoms with Crippen molar-refractivity contribution in [3.63, 3.8) is 0 Å². The zero-order chi connectivity index (χ0) is 21.0. The first-order valence-electron chi connectivity index (χ1n) is 9.20. The number of benzene rings is 2. The summed E-state index contributed by atoms with van der Waals surface area (Å²) >= 11 is 0. The minimum Gasteiger partial charge on any atom is -0.369 e. The number of para-hydroxylation sites is 1. The van der Waals surface area contributed by atoms with Crippen LogP contribution < -0.4 is 14.9 Å². The molecule has 1 heterocycles. The second-order valence-corrected chi connectivity index (χ2v) is 8.57. The van der Waals surface area contributed by atoms with Crippen LogP contribution in [-0.2, 0) is 19.6 Å². The van der Waals surface area contributed by atoms with Gasteiger partial charge in [0, 0.05) is 31.6 Å². The molecule has 1 aliphatic rings. The van der Waals surface area contributed by atoms with Crippen molar-refractivity contribution in [3.05, 3.63) is 54.3 Å². The van der Waals surface area contributed by atoms with Crippen LogP contribution >= 0.6 is 0 Å². The summed E-state index contributed by atoms with van der Waals surface area (Å²) in [6.07, 6.45) is 1.18. The van der Waals surface area contributed by atoms with Crippen LogP contribution in [0.25, 0.3) is 0 Å². The Bertz CT molecular complexity index is 1000. The van der Waals surface area contributed by atoms with E-state index in [2.05, 4.69) is 5.32 Å². The second-order valence-electron chi connectivity index (χ2n) is 6.89. The van der Waals surface area contributed by atoms with E-state index in [1.54, 1.807) is 18.2 Å². The normalized spacial score (nSPS) is 15.0. The molecule has 2 N–H and O–H groups in total. The molecule has 0 bridgehead atoms. The largest absolute Gasteiger partial charge is 0.369 e. The van der Waals surface area contributed by atoms with Gasteiger partial charge in [-0.3, -0.25) is 9.59 Å². The number of nitrogens with zero attached hydrogens (tertiary/aromatic N) is 1. The molecule has 3 rings (SSSR count). The number of carbonyl (C=O) groups is 2. The second kappa shape index (κ2) is 8.60. The number of rotatable bonds is 5. The van der Waals surface area contributed by atoms with Gasteiger partial charge in [0.05, 0.1) is 10.6 Å². The highest BCUT2D eigenvalue weighted by atomic mass is 32.2. The third-order valence-electron chi connectivity index (χ3n) is 4.77. The van der Waals surface area contributed by atoms with Gasteiger partial charge in [-0.1, -0.05) is 12.1 Å². The summed E-state index contributed by atoms with van der Waals surface area (Å²) < 4.78 is 39.7. The minimum absolute atomic E-state index is 0.0658. The molecule has 0 atom stereocenters. The predicted molar refractivity (Wildman–Crippen MR) is 107 cm³/mol. The van der Waals surface area contributed by atoms with E-state index in [1.165, 1.54) is 30.3 Å². The van der Waals surface area contributed by atoms with Crippen LogP contribution in [0.5, 0.6) is 0 Å². The average Bonchev–Trinajstić information content (AvgIpc) is 2.68. The average molecular weight is 419 g/mol. The molecule has 7 nitrogen and oxygen atoms in total. The van der Waals surface area contributed by atoms with Crippen LogP contribution in [0.15, 0.2) is 53.4 Å². The summed E-state index contributed by atoms with van der Waals surface area (Å²) in [5, 5.41) is 2.78. The van der Waals surface area contributed by atoms with Gasteiger partial charge in [0.15, 0.2) is 0 Å². The maximum atomic E-state index is 13.9. The summed E-state index contributed by atoms with van der Waals surface area (Å²) in [5.41, 5.74) is 1.01. The highest BCUT2D eigenvalue weighted by Gasteiger charge is 2.26. The Morgan fingerprint density at radius 2 is 1.66 bits per heavy atom. The molecular weight excluding hydrogens is 397 g/mol. The van der Waals surface area contributed by atoms with E-state index in [1.807, 2.05) is 9.62 Å². The van der Waals surface area contributed by atoms with E-state index in [4.69, 9.17) is 0 Å². The molecular formula is C20H22FN3O4S. The van der Waals surface area contributed by atoms with Gasteiger partial charge < -0.3 is 10.2 Å². The molecule has 9 heteroatoms. The minimum atomic E-state index is -3.91. The van der Waals surface area contributed by atoms with Gasteiger partial charge in [-0.2, -0.15) is 0 Å². The number of hydrogen-bond acceptors (Lipinski definition) is 5. The lowest BCUT2D eigenvalue weighted by Crippen LogP contribution is -2.38. The first-order chi connectivity index (χ1) is 13.8. The van der Waals surface area contributed by atoms with Crippen molar-refractivity contribution in [2.75, 3.05) is 23.3 Å². The summed E-state index contributed by atoms with van der Waals surface area (Å²) in [6, 6.07) is 12.2. The maximum Gasteiger partial charge on any atom is 0.264 e. The van der Waals surface area contributed by atoms with Crippen molar-refractivity contribution in [2.45, 2.75) is 24.7 Å². The third-order valence-corrected chi connectivity index (χ3v) is 6.22. The fourth-order valence-electron chi connectivity index (χ4n) is 3.30. The van der Waals surface area contributed by atoms with Gasteiger partial charge in [0.2, 0.25) is 11.8 Å². The summed E-state index contributed by atoms with van der Waals surface area (Å²) in [4.78, 5) is 25.4. The summed E-state index contributed by atoms with van der Waals surface area (Å²) in [6.45, 7) is 2.27. The van der Waals surface area contributed by atoms with Crippen molar-refractivity contribution in [3.8, 4) is 0 Å². The Balaban J connectivity index is 1.57. The Hall–Kier alpha value is -2.94. The number of amides is 2. The van der Waals surface area contributed by atoms with Gasteiger partial charge >= 0.3 is 0 Å². The lowest BCUT2D eigenvalue weighted by Gasteiger charge is -2.33. The summed E-state index contributed by atoms with van der Waals surface area (Å²) in [7, 11) is -3.91. The van der Waals surface area contributed by atoms with Gasteiger partial charge in [-0.05, 0) is 49.2 Å². The van der Waals surface area contributed by atoms with Gasteiger partial charge in [-0.25, -0.2) is 17.5 Å². The van der Waals surface area contributed by atoms with Crippen molar-refractivity contribution in [2.24, 2.45) is 5.92 Å². The number of hydrogen-bond donors (Lipinski definition) is 2. The number of anilines is 2. The zero-order valence-corrected chi connectivity index (χ0v) is 16.7. The fraction of sp³-hybridized carbons (Fsp3) is 0.300. The predicted octanol–water partition coefficient (Wildman–Crippen LogP) is 2.51. The molecule has 1 saturated heterocycles. The molecule has 2 aromatic carbocycles. The van der Waals surface area contributed by atoms with E-state index >= 15 is 0 Å². The Labute approximate surface area is 169 Å². The topological polar surface area (TPSA) is 95.6 Å². The molecule has 29 heavy (non-hydrogen) atoms. The van der Waals surface area contributed by atoms with Crippen molar-refractivity contribution in [1.82, 2.24) is 4.72 Å². The van der Waals surface area contributed by atoms with Gasteiger partial charge in [0.1, 0.15) is 5.82 Å². The highest BCUT2D eigenvalue weighted by Crippen LogP contribution is 2.26. The van der Waals surface area contributed by atoms with Crippen LogP contribution in [0.4, 0.5) is 15.8 Å². The van der Waals surface area contributed by atoms with Crippen molar-refractivity contribution in [1.29, 1.82) is 0 Å². The van der Waals surface area contributed by atoms with Crippen molar-refractivity contribution >= 4 is 33.2 Å². The van der Waals surface area contributed by atoms with E-state index in [0.29, 0.717) is 37.3 Å². The fourth-order valence-corrected chi connectivity index (χ4v) is 4.29. The third kappa shape index (κ3) is 5.11. The molecule has 0 saturated carbocycles. The molecule has 0 unspecified atom stereocenters. The Morgan fingerprint density at radius 3 is 2.24 bits per heavy atom. The van der Waals surface area contributed by atoms with Crippen LogP contribution in [0, 0.1) is 11.7 Å². The molecule has 0 aliphatic carbocycles. The lowest BCUT2D eigenvalue weighted by molar-refractivity contribution is -0.120. The maximum absolute atomic E-state index is 13.9. The Kier molecular flexibility index (Phi) is 6.17. The highest BCUT2D eigenvalue weighted by molar-refractivity contribution is 7.90. The quantitative estimate of drug-likeness (QED) is 0.776. The molecule has 2 amide bonds. The summed E-state index contributed by atoms with van der Waals surface area (Å²) in [5.74, 6) is -1.31. The zero-order valence-electron chi connectivity index (χ0n) is 15.9. The molecule has 154 valence electrons. The molecule has 1 aliphatic heterocycles. The molecule has 2 aromatic rings. The van der Waals surface area contributed by atoms with Crippen LogP contribution in [0.1, 0.15) is 19.8 Å². The van der Waals surface area contributed by atoms with E-state index in [-0.39, 0.29) is 22.5 Å². The lowest BCUT2D eigenvalue weighted by atomic mass is 9.95. The van der Waals surface area contributed by atoms with Gasteiger partial charge in [0.25, 0.3) is 10.0 Å². The van der Waals surface area contributed by atoms with E-state index < -0.39 is 15.9 Å². The van der Waals surface area contributed by atoms with Crippen molar-refractivity contribution < 1.29 is 22.4 Å². The number of piperidine rings is 1. The van der Waals surface area contributed by atoms with E-state index in [9.17, 15) is 22.4 Å². The van der Waals surface area contributed by atoms with E-state index in [0.717, 1.165) is 6.92 Å². The number of carbonyl (C=O) groups excluding carboxylic acids is 2.